The zero-order valence-corrected chi connectivity index (χ0v) is 14.8. The molecule has 1 fully saturated rings. The van der Waals surface area contributed by atoms with Crippen molar-refractivity contribution in [2.45, 2.75) is 64.2 Å². The van der Waals surface area contributed by atoms with Gasteiger partial charge in [0.25, 0.3) is 0 Å². The molecule has 1 amide bonds. The molecule has 0 radical (unpaired) electrons. The number of carboxylic acids is 1. The molecule has 4 nitrogen and oxygen atoms in total. The average Bonchev–Trinajstić information content (AvgIpc) is 2.59. The smallest absolute Gasteiger partial charge is 0.303 e. The second-order valence-corrected chi connectivity index (χ2v) is 6.98. The summed E-state index contributed by atoms with van der Waals surface area (Å²) in [6.07, 6.45) is 7.02. The van der Waals surface area contributed by atoms with Crippen molar-refractivity contribution >= 4 is 17.6 Å². The highest BCUT2D eigenvalue weighted by Gasteiger charge is 2.25. The number of carboxylic acid groups (broad SMARTS) is 1. The number of amides is 1. The molecule has 2 atom stereocenters. The number of carbonyl (C=O) groups is 2. The Morgan fingerprint density at radius 3 is 2.54 bits per heavy atom. The van der Waals surface area contributed by atoms with Crippen LogP contribution in [0.4, 0.5) is 5.69 Å². The molecule has 2 rings (SSSR count). The van der Waals surface area contributed by atoms with Gasteiger partial charge in [0.15, 0.2) is 0 Å². The lowest BCUT2D eigenvalue weighted by atomic mass is 9.77. The van der Waals surface area contributed by atoms with E-state index in [2.05, 4.69) is 19.1 Å². The minimum atomic E-state index is -0.691. The van der Waals surface area contributed by atoms with Crippen LogP contribution < -0.4 is 4.90 Å². The van der Waals surface area contributed by atoms with Crippen LogP contribution >= 0.6 is 0 Å². The van der Waals surface area contributed by atoms with Crippen molar-refractivity contribution < 1.29 is 14.7 Å². The molecule has 24 heavy (non-hydrogen) atoms. The summed E-state index contributed by atoms with van der Waals surface area (Å²) in [6, 6.07) is 8.24. The zero-order valence-electron chi connectivity index (χ0n) is 14.8. The first-order chi connectivity index (χ1) is 11.5. The number of nitrogens with zero attached hydrogens (tertiary/aromatic N) is 1. The fraction of sp³-hybridized carbons (Fsp3) is 0.600. The van der Waals surface area contributed by atoms with E-state index in [1.807, 2.05) is 19.2 Å². The van der Waals surface area contributed by atoms with Gasteiger partial charge in [0.1, 0.15) is 0 Å². The van der Waals surface area contributed by atoms with Gasteiger partial charge in [-0.05, 0) is 55.2 Å². The maximum atomic E-state index is 12.1. The van der Waals surface area contributed by atoms with E-state index in [-0.39, 0.29) is 12.3 Å². The summed E-state index contributed by atoms with van der Waals surface area (Å²) in [5.74, 6) is 0.199. The highest BCUT2D eigenvalue weighted by Crippen LogP contribution is 2.38. The molecule has 0 heterocycles. The molecule has 1 aliphatic carbocycles. The van der Waals surface area contributed by atoms with E-state index in [4.69, 9.17) is 5.11 Å². The molecule has 1 N–H and O–H groups in total. The second kappa shape index (κ2) is 8.86. The molecule has 0 bridgehead atoms. The van der Waals surface area contributed by atoms with Crippen molar-refractivity contribution in [3.63, 3.8) is 0 Å². The second-order valence-electron chi connectivity index (χ2n) is 6.98. The van der Waals surface area contributed by atoms with Crippen LogP contribution in [-0.2, 0) is 9.59 Å². The quantitative estimate of drug-likeness (QED) is 0.795. The number of carbonyl (C=O) groups excluding carboxylic acids is 1. The molecular formula is C20H29NO3. The van der Waals surface area contributed by atoms with E-state index in [1.165, 1.54) is 5.56 Å². The van der Waals surface area contributed by atoms with Gasteiger partial charge in [-0.1, -0.05) is 31.9 Å². The Hall–Kier alpha value is -1.84. The highest BCUT2D eigenvalue weighted by molar-refractivity contribution is 5.92. The Morgan fingerprint density at radius 2 is 1.92 bits per heavy atom. The number of anilines is 1. The van der Waals surface area contributed by atoms with Gasteiger partial charge in [-0.15, -0.1) is 0 Å². The summed E-state index contributed by atoms with van der Waals surface area (Å²) < 4.78 is 0. The fourth-order valence-corrected chi connectivity index (χ4v) is 3.64. The van der Waals surface area contributed by atoms with E-state index in [0.29, 0.717) is 18.3 Å². The number of hydrogen-bond donors (Lipinski definition) is 1. The minimum absolute atomic E-state index is 0.156. The SMILES string of the molecule is CCCCC(=O)N(C)c1ccc([C@H]2CCC[C@@H](CC(=O)O)C2)cc1. The average molecular weight is 331 g/mol. The van der Waals surface area contributed by atoms with Gasteiger partial charge in [0.2, 0.25) is 5.91 Å². The van der Waals surface area contributed by atoms with E-state index in [0.717, 1.165) is 44.2 Å². The Balaban J connectivity index is 1.98. The lowest BCUT2D eigenvalue weighted by molar-refractivity contribution is -0.138. The Labute approximate surface area is 144 Å². The lowest BCUT2D eigenvalue weighted by Crippen LogP contribution is -2.25. The number of hydrogen-bond acceptors (Lipinski definition) is 2. The van der Waals surface area contributed by atoms with Gasteiger partial charge >= 0.3 is 5.97 Å². The summed E-state index contributed by atoms with van der Waals surface area (Å²) in [7, 11) is 1.83. The number of rotatable bonds is 7. The molecule has 1 saturated carbocycles. The minimum Gasteiger partial charge on any atom is -0.481 e. The van der Waals surface area contributed by atoms with Crippen molar-refractivity contribution in [3.8, 4) is 0 Å². The number of benzene rings is 1. The number of unbranched alkanes of at least 4 members (excludes halogenated alkanes) is 1. The van der Waals surface area contributed by atoms with Crippen LogP contribution in [0.15, 0.2) is 24.3 Å². The predicted octanol–water partition coefficient (Wildman–Crippen LogP) is 4.59. The van der Waals surface area contributed by atoms with Crippen LogP contribution in [-0.4, -0.2) is 24.0 Å². The third-order valence-corrected chi connectivity index (χ3v) is 5.12. The zero-order chi connectivity index (χ0) is 17.5. The first-order valence-electron chi connectivity index (χ1n) is 9.09. The van der Waals surface area contributed by atoms with Crippen molar-refractivity contribution in [2.24, 2.45) is 5.92 Å². The monoisotopic (exact) mass is 331 g/mol. The Kier molecular flexibility index (Phi) is 6.83. The lowest BCUT2D eigenvalue weighted by Gasteiger charge is -2.29. The van der Waals surface area contributed by atoms with Crippen LogP contribution in [0.25, 0.3) is 0 Å². The van der Waals surface area contributed by atoms with Gasteiger partial charge < -0.3 is 10.0 Å². The van der Waals surface area contributed by atoms with Crippen LogP contribution in [0, 0.1) is 5.92 Å². The van der Waals surface area contributed by atoms with Gasteiger partial charge in [0.05, 0.1) is 0 Å². The van der Waals surface area contributed by atoms with Crippen LogP contribution in [0.2, 0.25) is 0 Å². The van der Waals surface area contributed by atoms with Crippen LogP contribution in [0.5, 0.6) is 0 Å². The summed E-state index contributed by atoms with van der Waals surface area (Å²) in [6.45, 7) is 2.09. The number of aliphatic carboxylic acids is 1. The third-order valence-electron chi connectivity index (χ3n) is 5.12. The van der Waals surface area contributed by atoms with E-state index < -0.39 is 5.97 Å². The first kappa shape index (κ1) is 18.5. The molecular weight excluding hydrogens is 302 g/mol. The first-order valence-corrected chi connectivity index (χ1v) is 9.09. The maximum Gasteiger partial charge on any atom is 0.303 e. The summed E-state index contributed by atoms with van der Waals surface area (Å²) in [5.41, 5.74) is 2.20. The van der Waals surface area contributed by atoms with Crippen molar-refractivity contribution in [2.75, 3.05) is 11.9 Å². The largest absolute Gasteiger partial charge is 0.481 e. The fourth-order valence-electron chi connectivity index (χ4n) is 3.64. The van der Waals surface area contributed by atoms with Crippen molar-refractivity contribution in [1.82, 2.24) is 0 Å². The normalized spacial score (nSPS) is 20.6. The molecule has 1 aliphatic rings. The molecule has 0 aliphatic heterocycles. The van der Waals surface area contributed by atoms with Gasteiger partial charge in [0, 0.05) is 25.6 Å². The summed E-state index contributed by atoms with van der Waals surface area (Å²) in [4.78, 5) is 24.8. The van der Waals surface area contributed by atoms with Crippen molar-refractivity contribution in [3.05, 3.63) is 29.8 Å². The summed E-state index contributed by atoms with van der Waals surface area (Å²) >= 11 is 0. The van der Waals surface area contributed by atoms with Gasteiger partial charge in [-0.2, -0.15) is 0 Å². The third kappa shape index (κ3) is 5.08. The molecule has 1 aromatic carbocycles. The topological polar surface area (TPSA) is 57.6 Å². The van der Waals surface area contributed by atoms with Gasteiger partial charge in [-0.25, -0.2) is 0 Å². The highest BCUT2D eigenvalue weighted by atomic mass is 16.4. The standard InChI is InChI=1S/C20H29NO3/c1-3-4-8-19(22)21(2)18-11-9-16(10-12-18)17-7-5-6-15(13-17)14-20(23)24/h9-12,15,17H,3-8,13-14H2,1-2H3,(H,23,24)/t15-,17+/m1/s1. The van der Waals surface area contributed by atoms with Crippen LogP contribution in [0.3, 0.4) is 0 Å². The van der Waals surface area contributed by atoms with E-state index >= 15 is 0 Å². The van der Waals surface area contributed by atoms with E-state index in [1.54, 1.807) is 4.90 Å². The molecule has 4 heteroatoms. The molecule has 0 spiro atoms. The van der Waals surface area contributed by atoms with E-state index in [9.17, 15) is 9.59 Å². The molecule has 132 valence electrons. The molecule has 0 unspecified atom stereocenters. The van der Waals surface area contributed by atoms with Crippen LogP contribution in [0.1, 0.15) is 69.8 Å². The summed E-state index contributed by atoms with van der Waals surface area (Å²) in [5, 5.41) is 9.00. The predicted molar refractivity (Wildman–Crippen MR) is 96.3 cm³/mol. The van der Waals surface area contributed by atoms with Crippen molar-refractivity contribution in [1.29, 1.82) is 0 Å². The Morgan fingerprint density at radius 1 is 1.21 bits per heavy atom. The maximum absolute atomic E-state index is 12.1. The Bertz CT molecular complexity index is 553. The van der Waals surface area contributed by atoms with Gasteiger partial charge in [-0.3, -0.25) is 9.59 Å². The molecule has 1 aromatic rings. The molecule has 0 aromatic heterocycles. The molecule has 0 saturated heterocycles.